The summed E-state index contributed by atoms with van der Waals surface area (Å²) < 4.78 is 12.5. The Morgan fingerprint density at radius 1 is 1.30 bits per heavy atom. The molecule has 3 rings (SSSR count). The van der Waals surface area contributed by atoms with Crippen LogP contribution in [0.1, 0.15) is 36.3 Å². The van der Waals surface area contributed by atoms with E-state index < -0.39 is 0 Å². The average molecular weight is 315 g/mol. The van der Waals surface area contributed by atoms with E-state index in [1.54, 1.807) is 0 Å². The van der Waals surface area contributed by atoms with E-state index in [-0.39, 0.29) is 18.7 Å². The van der Waals surface area contributed by atoms with Crippen molar-refractivity contribution in [2.45, 2.75) is 39.8 Å². The molecule has 1 aromatic carbocycles. The first-order chi connectivity index (χ1) is 11.0. The minimum Gasteiger partial charge on any atom is -0.454 e. The van der Waals surface area contributed by atoms with Crippen molar-refractivity contribution in [3.63, 3.8) is 0 Å². The quantitative estimate of drug-likeness (QED) is 0.920. The Morgan fingerprint density at radius 3 is 2.83 bits per heavy atom. The zero-order chi connectivity index (χ0) is 16.4. The summed E-state index contributed by atoms with van der Waals surface area (Å²) in [5.74, 6) is 1.48. The predicted octanol–water partition coefficient (Wildman–Crippen LogP) is 2.50. The lowest BCUT2D eigenvalue weighted by Crippen LogP contribution is -2.26. The number of aromatic nitrogens is 2. The van der Waals surface area contributed by atoms with Gasteiger partial charge in [-0.2, -0.15) is 5.10 Å². The number of benzene rings is 1. The largest absolute Gasteiger partial charge is 0.454 e. The van der Waals surface area contributed by atoms with Crippen LogP contribution in [0.25, 0.3) is 0 Å². The van der Waals surface area contributed by atoms with E-state index in [2.05, 4.69) is 10.4 Å². The fourth-order valence-corrected chi connectivity index (χ4v) is 2.77. The van der Waals surface area contributed by atoms with Crippen LogP contribution in [-0.4, -0.2) is 22.5 Å². The van der Waals surface area contributed by atoms with Crippen LogP contribution in [0.5, 0.6) is 11.5 Å². The van der Waals surface area contributed by atoms with E-state index in [1.807, 2.05) is 49.7 Å². The van der Waals surface area contributed by atoms with Crippen molar-refractivity contribution in [1.82, 2.24) is 15.1 Å². The van der Waals surface area contributed by atoms with E-state index in [0.717, 1.165) is 28.5 Å². The highest BCUT2D eigenvalue weighted by Crippen LogP contribution is 2.32. The number of nitrogens with zero attached hydrogens (tertiary/aromatic N) is 2. The van der Waals surface area contributed by atoms with E-state index in [1.165, 1.54) is 0 Å². The second kappa shape index (κ2) is 6.32. The van der Waals surface area contributed by atoms with Crippen LogP contribution in [0.3, 0.4) is 0 Å². The Hall–Kier alpha value is -2.50. The summed E-state index contributed by atoms with van der Waals surface area (Å²) in [7, 11) is 0. The third-order valence-electron chi connectivity index (χ3n) is 3.87. The molecule has 0 saturated heterocycles. The molecule has 1 atom stereocenters. The lowest BCUT2D eigenvalue weighted by atomic mass is 10.2. The van der Waals surface area contributed by atoms with Crippen LogP contribution in [0.15, 0.2) is 24.3 Å². The Kier molecular flexibility index (Phi) is 4.23. The van der Waals surface area contributed by atoms with Gasteiger partial charge in [0, 0.05) is 18.7 Å². The van der Waals surface area contributed by atoms with Crippen molar-refractivity contribution >= 4 is 5.91 Å². The monoisotopic (exact) mass is 315 g/mol. The second-order valence-corrected chi connectivity index (χ2v) is 5.89. The molecule has 1 N–H and O–H groups in total. The number of ether oxygens (including phenoxy) is 2. The van der Waals surface area contributed by atoms with Gasteiger partial charge in [0.05, 0.1) is 11.7 Å². The SMILES string of the molecule is Cc1cc(C)n([C@H](C)CC(=O)NCc2ccc3c(c2)OCO3)n1. The molecule has 122 valence electrons. The first-order valence-electron chi connectivity index (χ1n) is 7.71. The maximum absolute atomic E-state index is 12.1. The summed E-state index contributed by atoms with van der Waals surface area (Å²) in [6.45, 7) is 6.68. The molecule has 0 spiro atoms. The summed E-state index contributed by atoms with van der Waals surface area (Å²) in [4.78, 5) is 12.1. The zero-order valence-electron chi connectivity index (χ0n) is 13.6. The standard InChI is InChI=1S/C17H21N3O3/c1-11-6-12(2)20(19-11)13(3)7-17(21)18-9-14-4-5-15-16(8-14)23-10-22-15/h4-6,8,13H,7,9-10H2,1-3H3,(H,18,21)/t13-/m1/s1. The number of hydrogen-bond donors (Lipinski definition) is 1. The van der Waals surface area contributed by atoms with Crippen LogP contribution in [0.2, 0.25) is 0 Å². The van der Waals surface area contributed by atoms with E-state index in [0.29, 0.717) is 13.0 Å². The molecule has 0 unspecified atom stereocenters. The number of carbonyl (C=O) groups is 1. The highest BCUT2D eigenvalue weighted by Gasteiger charge is 2.15. The first-order valence-corrected chi connectivity index (χ1v) is 7.71. The van der Waals surface area contributed by atoms with Gasteiger partial charge in [-0.3, -0.25) is 9.48 Å². The number of carbonyl (C=O) groups excluding carboxylic acids is 1. The number of rotatable bonds is 5. The van der Waals surface area contributed by atoms with Gasteiger partial charge in [-0.1, -0.05) is 6.07 Å². The highest BCUT2D eigenvalue weighted by molar-refractivity contribution is 5.76. The molecule has 2 heterocycles. The van der Waals surface area contributed by atoms with Gasteiger partial charge in [0.15, 0.2) is 11.5 Å². The summed E-state index contributed by atoms with van der Waals surface area (Å²) in [6.07, 6.45) is 0.395. The van der Waals surface area contributed by atoms with Crippen LogP contribution < -0.4 is 14.8 Å². The predicted molar refractivity (Wildman–Crippen MR) is 85.4 cm³/mol. The van der Waals surface area contributed by atoms with Gasteiger partial charge < -0.3 is 14.8 Å². The fraction of sp³-hybridized carbons (Fsp3) is 0.412. The van der Waals surface area contributed by atoms with Crippen LogP contribution in [0.4, 0.5) is 0 Å². The molecule has 23 heavy (non-hydrogen) atoms. The lowest BCUT2D eigenvalue weighted by Gasteiger charge is -2.14. The van der Waals surface area contributed by atoms with Crippen LogP contribution in [0, 0.1) is 13.8 Å². The third kappa shape index (κ3) is 3.47. The molecular weight excluding hydrogens is 294 g/mol. The summed E-state index contributed by atoms with van der Waals surface area (Å²) in [5.41, 5.74) is 3.02. The average Bonchev–Trinajstić information content (AvgIpc) is 3.10. The molecule has 1 amide bonds. The van der Waals surface area contributed by atoms with Gasteiger partial charge in [-0.05, 0) is 44.5 Å². The van der Waals surface area contributed by atoms with Crippen LogP contribution in [-0.2, 0) is 11.3 Å². The Balaban J connectivity index is 1.54. The van der Waals surface area contributed by atoms with Crippen molar-refractivity contribution in [3.05, 3.63) is 41.2 Å². The summed E-state index contributed by atoms with van der Waals surface area (Å²) in [5, 5.41) is 7.37. The number of nitrogens with one attached hydrogen (secondary N) is 1. The van der Waals surface area contributed by atoms with E-state index in [4.69, 9.17) is 9.47 Å². The molecular formula is C17H21N3O3. The number of aryl methyl sites for hydroxylation is 2. The number of fused-ring (bicyclic) bond motifs is 1. The summed E-state index contributed by atoms with van der Waals surface area (Å²) >= 11 is 0. The Labute approximate surface area is 135 Å². The molecule has 0 bridgehead atoms. The zero-order valence-corrected chi connectivity index (χ0v) is 13.6. The molecule has 0 saturated carbocycles. The Bertz CT molecular complexity index is 724. The van der Waals surface area contributed by atoms with Crippen LogP contribution >= 0.6 is 0 Å². The maximum atomic E-state index is 12.1. The van der Waals surface area contributed by atoms with Crippen molar-refractivity contribution in [2.24, 2.45) is 0 Å². The molecule has 6 nitrogen and oxygen atoms in total. The van der Waals surface area contributed by atoms with Gasteiger partial charge in [0.1, 0.15) is 0 Å². The van der Waals surface area contributed by atoms with Crippen molar-refractivity contribution in [2.75, 3.05) is 6.79 Å². The first kappa shape index (κ1) is 15.4. The maximum Gasteiger partial charge on any atom is 0.231 e. The van der Waals surface area contributed by atoms with E-state index >= 15 is 0 Å². The molecule has 0 fully saturated rings. The molecule has 1 aromatic heterocycles. The molecule has 2 aromatic rings. The van der Waals surface area contributed by atoms with Gasteiger partial charge in [-0.15, -0.1) is 0 Å². The fourth-order valence-electron chi connectivity index (χ4n) is 2.77. The van der Waals surface area contributed by atoms with Crippen molar-refractivity contribution in [3.8, 4) is 11.5 Å². The van der Waals surface area contributed by atoms with Gasteiger partial charge >= 0.3 is 0 Å². The molecule has 0 radical (unpaired) electrons. The minimum absolute atomic E-state index is 0.00252. The Morgan fingerprint density at radius 2 is 2.09 bits per heavy atom. The highest BCUT2D eigenvalue weighted by atomic mass is 16.7. The number of hydrogen-bond acceptors (Lipinski definition) is 4. The van der Waals surface area contributed by atoms with Crippen molar-refractivity contribution in [1.29, 1.82) is 0 Å². The van der Waals surface area contributed by atoms with Crippen molar-refractivity contribution < 1.29 is 14.3 Å². The topological polar surface area (TPSA) is 65.4 Å². The normalized spacial score (nSPS) is 13.9. The minimum atomic E-state index is 0.00252. The third-order valence-corrected chi connectivity index (χ3v) is 3.87. The lowest BCUT2D eigenvalue weighted by molar-refractivity contribution is -0.122. The molecule has 1 aliphatic rings. The smallest absolute Gasteiger partial charge is 0.231 e. The molecule has 0 aliphatic carbocycles. The van der Waals surface area contributed by atoms with Gasteiger partial charge in [0.2, 0.25) is 12.7 Å². The van der Waals surface area contributed by atoms with Gasteiger partial charge in [-0.25, -0.2) is 0 Å². The molecule has 1 aliphatic heterocycles. The molecule has 6 heteroatoms. The summed E-state index contributed by atoms with van der Waals surface area (Å²) in [6, 6.07) is 7.73. The van der Waals surface area contributed by atoms with E-state index in [9.17, 15) is 4.79 Å². The van der Waals surface area contributed by atoms with Gasteiger partial charge in [0.25, 0.3) is 0 Å². The number of amides is 1. The second-order valence-electron chi connectivity index (χ2n) is 5.89.